The fourth-order valence-corrected chi connectivity index (χ4v) is 2.31. The quantitative estimate of drug-likeness (QED) is 0.816. The molecule has 0 bridgehead atoms. The van der Waals surface area contributed by atoms with E-state index in [9.17, 15) is 4.79 Å². The van der Waals surface area contributed by atoms with E-state index in [1.807, 2.05) is 32.0 Å². The van der Waals surface area contributed by atoms with Crippen LogP contribution in [0.4, 0.5) is 0 Å². The summed E-state index contributed by atoms with van der Waals surface area (Å²) in [6.45, 7) is 5.98. The van der Waals surface area contributed by atoms with Crippen LogP contribution in [0.3, 0.4) is 0 Å². The van der Waals surface area contributed by atoms with Crippen molar-refractivity contribution in [2.24, 2.45) is 0 Å². The van der Waals surface area contributed by atoms with Gasteiger partial charge in [-0.2, -0.15) is 0 Å². The highest BCUT2D eigenvalue weighted by molar-refractivity contribution is 5.95. The highest BCUT2D eigenvalue weighted by atomic mass is 16.1. The zero-order chi connectivity index (χ0) is 12.3. The second-order valence-electron chi connectivity index (χ2n) is 4.84. The molecule has 0 radical (unpaired) electrons. The summed E-state index contributed by atoms with van der Waals surface area (Å²) >= 11 is 0. The molecule has 1 atom stereocenters. The molecule has 1 fully saturated rings. The normalized spacial score (nSPS) is 20.0. The molecule has 1 amide bonds. The molecule has 0 aromatic heterocycles. The summed E-state index contributed by atoms with van der Waals surface area (Å²) in [6.07, 6.45) is 2.21. The predicted molar refractivity (Wildman–Crippen MR) is 69.3 cm³/mol. The first-order valence-electron chi connectivity index (χ1n) is 6.25. The summed E-state index contributed by atoms with van der Waals surface area (Å²) in [5.41, 5.74) is 3.03. The minimum Gasteiger partial charge on any atom is -0.348 e. The molecule has 0 spiro atoms. The Hall–Kier alpha value is -1.35. The van der Waals surface area contributed by atoms with E-state index in [1.54, 1.807) is 0 Å². The summed E-state index contributed by atoms with van der Waals surface area (Å²) in [5, 5.41) is 6.39. The van der Waals surface area contributed by atoms with Gasteiger partial charge in [0.2, 0.25) is 0 Å². The van der Waals surface area contributed by atoms with Crippen LogP contribution in [0.15, 0.2) is 18.2 Å². The molecule has 17 heavy (non-hydrogen) atoms. The van der Waals surface area contributed by atoms with Crippen molar-refractivity contribution in [3.8, 4) is 0 Å². The third kappa shape index (κ3) is 3.07. The lowest BCUT2D eigenvalue weighted by Gasteiger charge is -2.24. The maximum atomic E-state index is 12.1. The van der Waals surface area contributed by atoms with E-state index in [4.69, 9.17) is 0 Å². The summed E-state index contributed by atoms with van der Waals surface area (Å²) in [6, 6.07) is 6.22. The van der Waals surface area contributed by atoms with Crippen LogP contribution in [0, 0.1) is 13.8 Å². The van der Waals surface area contributed by atoms with Gasteiger partial charge in [-0.15, -0.1) is 0 Å². The molecule has 0 unspecified atom stereocenters. The van der Waals surface area contributed by atoms with Crippen LogP contribution in [-0.4, -0.2) is 25.0 Å². The first-order valence-corrected chi connectivity index (χ1v) is 6.25. The molecule has 1 aliphatic rings. The molecule has 0 aliphatic carbocycles. The number of piperidine rings is 1. The summed E-state index contributed by atoms with van der Waals surface area (Å²) in [4.78, 5) is 12.1. The Morgan fingerprint density at radius 2 is 2.24 bits per heavy atom. The lowest BCUT2D eigenvalue weighted by molar-refractivity contribution is 0.0930. The minimum atomic E-state index is 0.0520. The van der Waals surface area contributed by atoms with Crippen LogP contribution >= 0.6 is 0 Å². The van der Waals surface area contributed by atoms with Crippen LogP contribution in [0.2, 0.25) is 0 Å². The highest BCUT2D eigenvalue weighted by Gasteiger charge is 2.17. The summed E-state index contributed by atoms with van der Waals surface area (Å²) in [7, 11) is 0. The Labute approximate surface area is 103 Å². The maximum absolute atomic E-state index is 12.1. The van der Waals surface area contributed by atoms with E-state index in [1.165, 1.54) is 5.56 Å². The van der Waals surface area contributed by atoms with Gasteiger partial charge in [0.1, 0.15) is 0 Å². The zero-order valence-electron chi connectivity index (χ0n) is 10.5. The third-order valence-corrected chi connectivity index (χ3v) is 3.26. The van der Waals surface area contributed by atoms with Crippen LogP contribution in [0.5, 0.6) is 0 Å². The van der Waals surface area contributed by atoms with Crippen molar-refractivity contribution in [1.29, 1.82) is 0 Å². The van der Waals surface area contributed by atoms with Crippen molar-refractivity contribution in [3.05, 3.63) is 34.9 Å². The average molecular weight is 232 g/mol. The fraction of sp³-hybridized carbons (Fsp3) is 0.500. The fourth-order valence-electron chi connectivity index (χ4n) is 2.31. The van der Waals surface area contributed by atoms with Crippen LogP contribution in [0.25, 0.3) is 0 Å². The molecule has 1 aliphatic heterocycles. The number of aryl methyl sites for hydroxylation is 2. The molecular weight excluding hydrogens is 212 g/mol. The molecule has 3 nitrogen and oxygen atoms in total. The van der Waals surface area contributed by atoms with Crippen LogP contribution in [-0.2, 0) is 0 Å². The monoisotopic (exact) mass is 232 g/mol. The molecule has 1 heterocycles. The van der Waals surface area contributed by atoms with Gasteiger partial charge in [0, 0.05) is 18.2 Å². The van der Waals surface area contributed by atoms with Gasteiger partial charge in [0.05, 0.1) is 0 Å². The number of nitrogens with one attached hydrogen (secondary N) is 2. The van der Waals surface area contributed by atoms with Crippen LogP contribution in [0.1, 0.15) is 34.3 Å². The van der Waals surface area contributed by atoms with Crippen molar-refractivity contribution < 1.29 is 4.79 Å². The first-order chi connectivity index (χ1) is 8.16. The molecule has 1 saturated heterocycles. The molecule has 1 aromatic carbocycles. The number of carbonyl (C=O) groups excluding carboxylic acids is 1. The highest BCUT2D eigenvalue weighted by Crippen LogP contribution is 2.11. The van der Waals surface area contributed by atoms with Crippen LogP contribution < -0.4 is 10.6 Å². The van der Waals surface area contributed by atoms with E-state index >= 15 is 0 Å². The summed E-state index contributed by atoms with van der Waals surface area (Å²) in [5.74, 6) is 0.0520. The standard InChI is InChI=1S/C14H20N2O/c1-10-5-6-13(11(2)8-10)14(17)16-12-4-3-7-15-9-12/h5-6,8,12,15H,3-4,7,9H2,1-2H3,(H,16,17)/t12-/m0/s1. The molecule has 0 saturated carbocycles. The molecule has 2 rings (SSSR count). The Bertz CT molecular complexity index is 409. The van der Waals surface area contributed by atoms with E-state index in [2.05, 4.69) is 10.6 Å². The Balaban J connectivity index is 2.03. The summed E-state index contributed by atoms with van der Waals surface area (Å²) < 4.78 is 0. The van der Waals surface area contributed by atoms with Gasteiger partial charge >= 0.3 is 0 Å². The van der Waals surface area contributed by atoms with Crippen molar-refractivity contribution in [2.45, 2.75) is 32.7 Å². The van der Waals surface area contributed by atoms with Gasteiger partial charge < -0.3 is 10.6 Å². The zero-order valence-corrected chi connectivity index (χ0v) is 10.5. The number of carbonyl (C=O) groups is 1. The van der Waals surface area contributed by atoms with Gasteiger partial charge in [-0.25, -0.2) is 0 Å². The average Bonchev–Trinajstić information content (AvgIpc) is 2.30. The van der Waals surface area contributed by atoms with Gasteiger partial charge in [0.15, 0.2) is 0 Å². The van der Waals surface area contributed by atoms with E-state index in [-0.39, 0.29) is 11.9 Å². The number of rotatable bonds is 2. The predicted octanol–water partition coefficient (Wildman–Crippen LogP) is 1.79. The van der Waals surface area contributed by atoms with Gasteiger partial charge in [-0.1, -0.05) is 17.7 Å². The Kier molecular flexibility index (Phi) is 3.79. The van der Waals surface area contributed by atoms with Crippen molar-refractivity contribution in [3.63, 3.8) is 0 Å². The molecule has 92 valence electrons. The lowest BCUT2D eigenvalue weighted by Crippen LogP contribution is -2.45. The third-order valence-electron chi connectivity index (χ3n) is 3.26. The van der Waals surface area contributed by atoms with E-state index in [0.29, 0.717) is 0 Å². The second-order valence-corrected chi connectivity index (χ2v) is 4.84. The molecule has 2 N–H and O–H groups in total. The largest absolute Gasteiger partial charge is 0.348 e. The van der Waals surface area contributed by atoms with E-state index in [0.717, 1.165) is 37.1 Å². The smallest absolute Gasteiger partial charge is 0.251 e. The molecule has 3 heteroatoms. The Morgan fingerprint density at radius 1 is 1.41 bits per heavy atom. The Morgan fingerprint density at radius 3 is 2.88 bits per heavy atom. The number of benzene rings is 1. The first kappa shape index (κ1) is 12.1. The minimum absolute atomic E-state index is 0.0520. The topological polar surface area (TPSA) is 41.1 Å². The number of amides is 1. The maximum Gasteiger partial charge on any atom is 0.251 e. The molecular formula is C14H20N2O. The number of hydrogen-bond acceptors (Lipinski definition) is 2. The van der Waals surface area contributed by atoms with Gasteiger partial charge in [-0.3, -0.25) is 4.79 Å². The van der Waals surface area contributed by atoms with E-state index < -0.39 is 0 Å². The second kappa shape index (κ2) is 5.32. The molecule has 1 aromatic rings. The van der Waals surface area contributed by atoms with Gasteiger partial charge in [-0.05, 0) is 44.9 Å². The SMILES string of the molecule is Cc1ccc(C(=O)N[C@H]2CCCNC2)c(C)c1. The van der Waals surface area contributed by atoms with Crippen molar-refractivity contribution in [1.82, 2.24) is 10.6 Å². The van der Waals surface area contributed by atoms with Gasteiger partial charge in [0.25, 0.3) is 5.91 Å². The van der Waals surface area contributed by atoms with Crippen molar-refractivity contribution >= 4 is 5.91 Å². The number of hydrogen-bond donors (Lipinski definition) is 2. The lowest BCUT2D eigenvalue weighted by atomic mass is 10.0. The van der Waals surface area contributed by atoms with Crippen molar-refractivity contribution in [2.75, 3.05) is 13.1 Å².